The number of phenolic OH excluding ortho intramolecular Hbond substituents is 1. The van der Waals surface area contributed by atoms with Gasteiger partial charge in [0, 0.05) is 6.07 Å². The molecule has 91 valence electrons. The van der Waals surface area contributed by atoms with Crippen molar-refractivity contribution < 1.29 is 5.11 Å². The van der Waals surface area contributed by atoms with E-state index in [2.05, 4.69) is 52.0 Å². The molecule has 17 heavy (non-hydrogen) atoms. The van der Waals surface area contributed by atoms with Crippen LogP contribution in [0.2, 0.25) is 0 Å². The summed E-state index contributed by atoms with van der Waals surface area (Å²) in [5.41, 5.74) is 4.72. The highest BCUT2D eigenvalue weighted by atomic mass is 16.3. The van der Waals surface area contributed by atoms with Crippen LogP contribution >= 0.6 is 0 Å². The van der Waals surface area contributed by atoms with Crippen molar-refractivity contribution in [3.63, 3.8) is 0 Å². The van der Waals surface area contributed by atoms with Crippen molar-refractivity contribution >= 4 is 0 Å². The van der Waals surface area contributed by atoms with E-state index in [1.165, 1.54) is 16.7 Å². The molecule has 1 N–H and O–H groups in total. The van der Waals surface area contributed by atoms with Crippen LogP contribution in [0.4, 0.5) is 0 Å². The Morgan fingerprint density at radius 3 is 2.29 bits per heavy atom. The molecule has 0 spiro atoms. The zero-order valence-electron chi connectivity index (χ0n) is 11.2. The lowest BCUT2D eigenvalue weighted by Gasteiger charge is -2.05. The molecule has 0 atom stereocenters. The van der Waals surface area contributed by atoms with E-state index in [-0.39, 0.29) is 5.75 Å². The third kappa shape index (κ3) is 4.90. The summed E-state index contributed by atoms with van der Waals surface area (Å²) < 4.78 is 0. The van der Waals surface area contributed by atoms with E-state index in [0.717, 1.165) is 18.4 Å². The Labute approximate surface area is 104 Å². The first-order chi connectivity index (χ1) is 7.99. The number of phenols is 1. The van der Waals surface area contributed by atoms with Crippen LogP contribution in [-0.4, -0.2) is 5.11 Å². The molecule has 0 aliphatic carbocycles. The molecular weight excluding hydrogens is 208 g/mol. The van der Waals surface area contributed by atoms with E-state index >= 15 is 0 Å². The van der Waals surface area contributed by atoms with Gasteiger partial charge in [-0.05, 0) is 57.7 Å². The van der Waals surface area contributed by atoms with Gasteiger partial charge in [-0.1, -0.05) is 29.4 Å². The molecule has 0 aliphatic rings. The highest BCUT2D eigenvalue weighted by Crippen LogP contribution is 2.20. The number of aromatic hydroxyl groups is 1. The molecule has 0 saturated heterocycles. The fraction of sp³-hybridized carbons (Fsp3) is 0.375. The lowest BCUT2D eigenvalue weighted by atomic mass is 10.0. The molecule has 1 heteroatoms. The fourth-order valence-electron chi connectivity index (χ4n) is 1.50. The first-order valence-corrected chi connectivity index (χ1v) is 5.98. The predicted molar refractivity (Wildman–Crippen MR) is 73.2 cm³/mol. The summed E-state index contributed by atoms with van der Waals surface area (Å²) in [5.74, 6) is 0.267. The van der Waals surface area contributed by atoms with Gasteiger partial charge in [-0.2, -0.15) is 0 Å². The van der Waals surface area contributed by atoms with Gasteiger partial charge in [0.1, 0.15) is 5.75 Å². The molecule has 0 unspecified atom stereocenters. The molecule has 1 aromatic carbocycles. The summed E-state index contributed by atoms with van der Waals surface area (Å²) in [6, 6.07) is 6.84. The fourth-order valence-corrected chi connectivity index (χ4v) is 1.50. The lowest BCUT2D eigenvalue weighted by molar-refractivity contribution is 0.468. The largest absolute Gasteiger partial charge is 0.507 e. The molecule has 0 saturated carbocycles. The van der Waals surface area contributed by atoms with Gasteiger partial charge in [0.25, 0.3) is 0 Å². The number of allylic oxidation sites excluding steroid dienone is 4. The smallest absolute Gasteiger partial charge is 0.127 e. The maximum Gasteiger partial charge on any atom is 0.127 e. The van der Waals surface area contributed by atoms with E-state index in [0.29, 0.717) is 0 Å². The third-order valence-corrected chi connectivity index (χ3v) is 2.53. The molecule has 1 rings (SSSR count). The Balaban J connectivity index is 2.86. The summed E-state index contributed by atoms with van der Waals surface area (Å²) in [4.78, 5) is 0. The maximum atomic E-state index is 9.73. The van der Waals surface area contributed by atoms with Crippen molar-refractivity contribution in [2.24, 2.45) is 0 Å². The topological polar surface area (TPSA) is 20.2 Å². The summed E-state index contributed by atoms with van der Waals surface area (Å²) in [6.45, 7) is 8.31. The summed E-state index contributed by atoms with van der Waals surface area (Å²) in [6.07, 6.45) is 5.98. The quantitative estimate of drug-likeness (QED) is 0.767. The van der Waals surface area contributed by atoms with Gasteiger partial charge in [0.05, 0.1) is 0 Å². The van der Waals surface area contributed by atoms with E-state index in [4.69, 9.17) is 0 Å². The minimum atomic E-state index is 0.267. The molecule has 0 heterocycles. The summed E-state index contributed by atoms with van der Waals surface area (Å²) in [7, 11) is 0. The van der Waals surface area contributed by atoms with E-state index in [1.807, 2.05) is 6.07 Å². The number of hydrogen-bond donors (Lipinski definition) is 1. The van der Waals surface area contributed by atoms with Crippen LogP contribution in [0.15, 0.2) is 35.4 Å². The first kappa shape index (κ1) is 13.6. The monoisotopic (exact) mass is 229 g/mol. The van der Waals surface area contributed by atoms with Gasteiger partial charge in [-0.3, -0.25) is 0 Å². The molecule has 0 aromatic heterocycles. The number of hydrogen-bond acceptors (Lipinski definition) is 1. The second-order valence-corrected chi connectivity index (χ2v) is 4.85. The van der Waals surface area contributed by atoms with Crippen LogP contribution in [0.5, 0.6) is 5.75 Å². The van der Waals surface area contributed by atoms with Gasteiger partial charge in [0.15, 0.2) is 0 Å². The van der Waals surface area contributed by atoms with E-state index < -0.39 is 0 Å². The molecular formula is C16H21O. The zero-order chi connectivity index (χ0) is 12.8. The third-order valence-electron chi connectivity index (χ3n) is 2.53. The van der Waals surface area contributed by atoms with Crippen LogP contribution in [0.1, 0.15) is 38.8 Å². The van der Waals surface area contributed by atoms with Crippen molar-refractivity contribution in [3.05, 3.63) is 52.6 Å². The molecule has 1 aromatic rings. The standard InChI is InChI=1S/C16H21O/c1-12(2)5-7-14-8-10-16(17)15(11-14)9-6-13(3)4/h5-6,8,11,17H,7,9H2,1-4H3. The summed E-state index contributed by atoms with van der Waals surface area (Å²) >= 11 is 0. The first-order valence-electron chi connectivity index (χ1n) is 5.98. The molecule has 0 amide bonds. The van der Waals surface area contributed by atoms with Crippen LogP contribution < -0.4 is 0 Å². The lowest BCUT2D eigenvalue weighted by Crippen LogP contribution is -1.89. The Kier molecular flexibility index (Phi) is 5.02. The van der Waals surface area contributed by atoms with E-state index in [1.54, 1.807) is 0 Å². The Hall–Kier alpha value is -1.50. The van der Waals surface area contributed by atoms with Crippen molar-refractivity contribution in [1.29, 1.82) is 0 Å². The van der Waals surface area contributed by atoms with Gasteiger partial charge < -0.3 is 5.11 Å². The molecule has 0 aliphatic heterocycles. The highest BCUT2D eigenvalue weighted by Gasteiger charge is 2.01. The molecule has 0 bridgehead atoms. The summed E-state index contributed by atoms with van der Waals surface area (Å²) in [5, 5.41) is 9.73. The second kappa shape index (κ2) is 6.29. The van der Waals surface area contributed by atoms with E-state index in [9.17, 15) is 5.11 Å². The van der Waals surface area contributed by atoms with Crippen LogP contribution in [0.3, 0.4) is 0 Å². The molecule has 1 radical (unpaired) electrons. The maximum absolute atomic E-state index is 9.73. The zero-order valence-corrected chi connectivity index (χ0v) is 11.2. The predicted octanol–water partition coefficient (Wildman–Crippen LogP) is 4.21. The van der Waals surface area contributed by atoms with Gasteiger partial charge in [-0.25, -0.2) is 0 Å². The van der Waals surface area contributed by atoms with Crippen molar-refractivity contribution in [2.75, 3.05) is 0 Å². The van der Waals surface area contributed by atoms with Crippen LogP contribution in [-0.2, 0) is 12.8 Å². The average molecular weight is 229 g/mol. The Morgan fingerprint density at radius 2 is 1.71 bits per heavy atom. The van der Waals surface area contributed by atoms with Gasteiger partial charge in [0.2, 0.25) is 0 Å². The SMILES string of the molecule is CC(C)=CCc1c[c]c(O)c(CC=C(C)C)c1. The van der Waals surface area contributed by atoms with Crippen molar-refractivity contribution in [2.45, 2.75) is 40.5 Å². The normalized spacial score (nSPS) is 9.88. The van der Waals surface area contributed by atoms with Crippen LogP contribution in [0, 0.1) is 6.07 Å². The minimum Gasteiger partial charge on any atom is -0.507 e. The van der Waals surface area contributed by atoms with Gasteiger partial charge >= 0.3 is 0 Å². The molecule has 1 nitrogen and oxygen atoms in total. The minimum absolute atomic E-state index is 0.267. The van der Waals surface area contributed by atoms with Gasteiger partial charge in [-0.15, -0.1) is 0 Å². The average Bonchev–Trinajstić information content (AvgIpc) is 2.26. The highest BCUT2D eigenvalue weighted by molar-refractivity contribution is 5.37. The Bertz CT molecular complexity index is 431. The number of rotatable bonds is 4. The van der Waals surface area contributed by atoms with Crippen molar-refractivity contribution in [3.8, 4) is 5.75 Å². The van der Waals surface area contributed by atoms with Crippen molar-refractivity contribution in [1.82, 2.24) is 0 Å². The molecule has 0 fully saturated rings. The Morgan fingerprint density at radius 1 is 1.12 bits per heavy atom. The van der Waals surface area contributed by atoms with Crippen LogP contribution in [0.25, 0.3) is 0 Å². The second-order valence-electron chi connectivity index (χ2n) is 4.85. The number of benzene rings is 1.